The molecule has 0 bridgehead atoms. The predicted octanol–water partition coefficient (Wildman–Crippen LogP) is 6.59. The Morgan fingerprint density at radius 3 is 1.47 bits per heavy atom. The van der Waals surface area contributed by atoms with Crippen LogP contribution in [0.25, 0.3) is 0 Å². The summed E-state index contributed by atoms with van der Waals surface area (Å²) in [5, 5.41) is 0. The van der Waals surface area contributed by atoms with Crippen molar-refractivity contribution in [2.45, 2.75) is 98.3 Å². The fraction of sp³-hybridized carbons (Fsp3) is 1.00. The third kappa shape index (κ3) is 9.68. The van der Waals surface area contributed by atoms with Gasteiger partial charge < -0.3 is 0 Å². The van der Waals surface area contributed by atoms with Crippen LogP contribution < -0.4 is 0 Å². The fourth-order valence-corrected chi connectivity index (χ4v) is 2.71. The van der Waals surface area contributed by atoms with Crippen LogP contribution in [0.3, 0.4) is 0 Å². The first-order valence-electron chi connectivity index (χ1n) is 8.26. The molecule has 0 N–H and O–H groups in total. The molecular formula is C17H36. The van der Waals surface area contributed by atoms with Gasteiger partial charge in [-0.3, -0.25) is 0 Å². The molecule has 17 heavy (non-hydrogen) atoms. The Hall–Kier alpha value is 0. The fourth-order valence-electron chi connectivity index (χ4n) is 2.71. The van der Waals surface area contributed by atoms with E-state index in [2.05, 4.69) is 27.7 Å². The van der Waals surface area contributed by atoms with Crippen molar-refractivity contribution < 1.29 is 0 Å². The van der Waals surface area contributed by atoms with Gasteiger partial charge in [0, 0.05) is 0 Å². The van der Waals surface area contributed by atoms with Crippen LogP contribution in [0.1, 0.15) is 98.3 Å². The van der Waals surface area contributed by atoms with Crippen molar-refractivity contribution in [2.24, 2.45) is 11.8 Å². The van der Waals surface area contributed by atoms with Gasteiger partial charge in [-0.1, -0.05) is 98.3 Å². The summed E-state index contributed by atoms with van der Waals surface area (Å²) >= 11 is 0. The van der Waals surface area contributed by atoms with Crippen LogP contribution in [0.15, 0.2) is 0 Å². The molecule has 104 valence electrons. The quantitative estimate of drug-likeness (QED) is 0.338. The molecule has 0 fully saturated rings. The molecule has 0 radical (unpaired) electrons. The highest BCUT2D eigenvalue weighted by molar-refractivity contribution is 4.66. The Morgan fingerprint density at radius 2 is 1.12 bits per heavy atom. The Morgan fingerprint density at radius 1 is 0.647 bits per heavy atom. The zero-order valence-corrected chi connectivity index (χ0v) is 12.9. The molecule has 0 nitrogen and oxygen atoms in total. The van der Waals surface area contributed by atoms with Crippen LogP contribution in [0, 0.1) is 11.8 Å². The van der Waals surface area contributed by atoms with Gasteiger partial charge in [0.2, 0.25) is 0 Å². The van der Waals surface area contributed by atoms with Crippen molar-refractivity contribution in [3.8, 4) is 0 Å². The zero-order valence-electron chi connectivity index (χ0n) is 12.9. The normalized spacial score (nSPS) is 13.2. The molecule has 0 spiro atoms. The Bertz CT molecular complexity index is 127. The summed E-state index contributed by atoms with van der Waals surface area (Å²) in [4.78, 5) is 0. The van der Waals surface area contributed by atoms with Gasteiger partial charge in [0.15, 0.2) is 0 Å². The minimum Gasteiger partial charge on any atom is -0.0654 e. The van der Waals surface area contributed by atoms with Crippen LogP contribution in [-0.2, 0) is 0 Å². The molecule has 0 aliphatic rings. The van der Waals surface area contributed by atoms with Gasteiger partial charge in [-0.2, -0.15) is 0 Å². The molecule has 1 unspecified atom stereocenters. The monoisotopic (exact) mass is 240 g/mol. The van der Waals surface area contributed by atoms with Crippen molar-refractivity contribution >= 4 is 0 Å². The van der Waals surface area contributed by atoms with E-state index in [4.69, 9.17) is 0 Å². The summed E-state index contributed by atoms with van der Waals surface area (Å²) in [7, 11) is 0. The summed E-state index contributed by atoms with van der Waals surface area (Å²) in [6.07, 6.45) is 15.8. The molecule has 0 aromatic carbocycles. The van der Waals surface area contributed by atoms with Crippen molar-refractivity contribution in [3.63, 3.8) is 0 Å². The van der Waals surface area contributed by atoms with Gasteiger partial charge in [0.05, 0.1) is 0 Å². The van der Waals surface area contributed by atoms with Crippen molar-refractivity contribution in [1.29, 1.82) is 0 Å². The van der Waals surface area contributed by atoms with Crippen LogP contribution in [0.4, 0.5) is 0 Å². The van der Waals surface area contributed by atoms with E-state index in [-0.39, 0.29) is 0 Å². The topological polar surface area (TPSA) is 0 Å². The first-order chi connectivity index (χ1) is 8.26. The second kappa shape index (κ2) is 12.5. The molecule has 0 amide bonds. The highest BCUT2D eigenvalue weighted by Crippen LogP contribution is 2.27. The lowest BCUT2D eigenvalue weighted by atomic mass is 9.83. The summed E-state index contributed by atoms with van der Waals surface area (Å²) in [5.41, 5.74) is 0. The van der Waals surface area contributed by atoms with Crippen molar-refractivity contribution in [3.05, 3.63) is 0 Å². The van der Waals surface area contributed by atoms with Crippen LogP contribution in [0.5, 0.6) is 0 Å². The molecule has 0 heteroatoms. The first-order valence-corrected chi connectivity index (χ1v) is 8.26. The van der Waals surface area contributed by atoms with E-state index in [1.165, 1.54) is 70.6 Å². The molecule has 0 aliphatic carbocycles. The Labute approximate surface area is 111 Å². The van der Waals surface area contributed by atoms with Crippen LogP contribution in [-0.4, -0.2) is 0 Å². The van der Waals surface area contributed by atoms with E-state index in [9.17, 15) is 0 Å². The second-order valence-electron chi connectivity index (χ2n) is 5.84. The SMILES string of the molecule is CCCCCCC(CCCCCC)C(C)CC. The number of unbranched alkanes of at least 4 members (excludes halogenated alkanes) is 6. The highest BCUT2D eigenvalue weighted by Gasteiger charge is 2.14. The Balaban J connectivity index is 3.72. The van der Waals surface area contributed by atoms with Gasteiger partial charge in [-0.15, -0.1) is 0 Å². The number of rotatable bonds is 12. The van der Waals surface area contributed by atoms with Crippen LogP contribution in [0.2, 0.25) is 0 Å². The first kappa shape index (κ1) is 17.0. The summed E-state index contributed by atoms with van der Waals surface area (Å²) in [5.74, 6) is 1.95. The largest absolute Gasteiger partial charge is 0.0654 e. The molecule has 0 aromatic heterocycles. The van der Waals surface area contributed by atoms with Gasteiger partial charge >= 0.3 is 0 Å². The molecule has 0 rings (SSSR count). The molecule has 0 saturated heterocycles. The van der Waals surface area contributed by atoms with Crippen LogP contribution >= 0.6 is 0 Å². The molecule has 1 atom stereocenters. The lowest BCUT2D eigenvalue weighted by Gasteiger charge is -2.23. The van der Waals surface area contributed by atoms with E-state index >= 15 is 0 Å². The third-order valence-electron chi connectivity index (χ3n) is 4.31. The van der Waals surface area contributed by atoms with Gasteiger partial charge in [0.25, 0.3) is 0 Å². The van der Waals surface area contributed by atoms with Gasteiger partial charge in [-0.25, -0.2) is 0 Å². The summed E-state index contributed by atoms with van der Waals surface area (Å²) in [6, 6.07) is 0. The van der Waals surface area contributed by atoms with Gasteiger partial charge in [0.1, 0.15) is 0 Å². The lowest BCUT2D eigenvalue weighted by molar-refractivity contribution is 0.288. The smallest absolute Gasteiger partial charge is 0.0389 e. The maximum Gasteiger partial charge on any atom is -0.0389 e. The maximum absolute atomic E-state index is 2.46. The minimum absolute atomic E-state index is 0.943. The predicted molar refractivity (Wildman–Crippen MR) is 80.5 cm³/mol. The average Bonchev–Trinajstić information content (AvgIpc) is 2.36. The van der Waals surface area contributed by atoms with Crippen molar-refractivity contribution in [1.82, 2.24) is 0 Å². The maximum atomic E-state index is 2.46. The molecule has 0 heterocycles. The molecule has 0 saturated carbocycles. The number of hydrogen-bond acceptors (Lipinski definition) is 0. The average molecular weight is 240 g/mol. The van der Waals surface area contributed by atoms with E-state index < -0.39 is 0 Å². The molecule has 0 aromatic rings. The summed E-state index contributed by atoms with van der Waals surface area (Å²) < 4.78 is 0. The van der Waals surface area contributed by atoms with E-state index in [1.54, 1.807) is 0 Å². The lowest BCUT2D eigenvalue weighted by Crippen LogP contribution is -2.11. The third-order valence-corrected chi connectivity index (χ3v) is 4.31. The second-order valence-corrected chi connectivity index (χ2v) is 5.84. The van der Waals surface area contributed by atoms with Gasteiger partial charge in [-0.05, 0) is 11.8 Å². The van der Waals surface area contributed by atoms with E-state index in [0.29, 0.717) is 0 Å². The zero-order chi connectivity index (χ0) is 12.9. The number of hydrogen-bond donors (Lipinski definition) is 0. The van der Waals surface area contributed by atoms with Crippen molar-refractivity contribution in [2.75, 3.05) is 0 Å². The molecular weight excluding hydrogens is 204 g/mol. The standard InChI is InChI=1S/C17H36/c1-5-8-10-12-14-17(16(4)7-3)15-13-11-9-6-2/h16-17H,5-15H2,1-4H3. The van der Waals surface area contributed by atoms with E-state index in [0.717, 1.165) is 11.8 Å². The highest BCUT2D eigenvalue weighted by atomic mass is 14.2. The van der Waals surface area contributed by atoms with E-state index in [1.807, 2.05) is 0 Å². The summed E-state index contributed by atoms with van der Waals surface area (Å²) in [6.45, 7) is 9.42. The Kier molecular flexibility index (Phi) is 12.5. The minimum atomic E-state index is 0.943. The molecule has 0 aliphatic heterocycles.